The number of pyridine rings is 3. The normalized spacial score (nSPS) is 14.1. The smallest absolute Gasteiger partial charge is 0.224 e. The zero-order chi connectivity index (χ0) is 27.8. The van der Waals surface area contributed by atoms with Crippen LogP contribution in [0.5, 0.6) is 0 Å². The fourth-order valence-corrected chi connectivity index (χ4v) is 5.48. The zero-order valence-corrected chi connectivity index (χ0v) is 22.1. The Morgan fingerprint density at radius 2 is 1.80 bits per heavy atom. The largest absolute Gasteiger partial charge is 0.353 e. The molecule has 0 radical (unpaired) electrons. The van der Waals surface area contributed by atoms with E-state index in [-0.39, 0.29) is 11.7 Å². The van der Waals surface area contributed by atoms with Crippen molar-refractivity contribution < 1.29 is 9.18 Å². The van der Waals surface area contributed by atoms with E-state index in [1.807, 2.05) is 30.3 Å². The molecule has 1 aliphatic rings. The van der Waals surface area contributed by atoms with Gasteiger partial charge in [0.15, 0.2) is 0 Å². The number of H-pyrrole nitrogens is 2. The fraction of sp³-hybridized carbons (Fsp3) is 0.194. The lowest BCUT2D eigenvalue weighted by atomic mass is 9.94. The first-order chi connectivity index (χ1) is 20.1. The van der Waals surface area contributed by atoms with Crippen LogP contribution < -0.4 is 10.6 Å². The van der Waals surface area contributed by atoms with Crippen LogP contribution in [0.2, 0.25) is 0 Å². The monoisotopic (exact) mass is 546 g/mol. The highest BCUT2D eigenvalue weighted by atomic mass is 19.1. The van der Waals surface area contributed by atoms with E-state index < -0.39 is 0 Å². The molecule has 0 atom stereocenters. The third-order valence-electron chi connectivity index (χ3n) is 7.58. The van der Waals surface area contributed by atoms with Crippen molar-refractivity contribution in [3.8, 4) is 33.9 Å². The minimum atomic E-state index is -0.291. The highest BCUT2D eigenvalue weighted by Gasteiger charge is 2.18. The zero-order valence-electron chi connectivity index (χ0n) is 22.1. The van der Waals surface area contributed by atoms with Gasteiger partial charge in [-0.05, 0) is 86.4 Å². The van der Waals surface area contributed by atoms with E-state index in [0.29, 0.717) is 34.9 Å². The fourth-order valence-electron chi connectivity index (χ4n) is 5.48. The van der Waals surface area contributed by atoms with E-state index in [9.17, 15) is 9.18 Å². The molecule has 1 amide bonds. The molecular weight excluding hydrogens is 519 g/mol. The predicted molar refractivity (Wildman–Crippen MR) is 156 cm³/mol. The van der Waals surface area contributed by atoms with Crippen molar-refractivity contribution in [2.24, 2.45) is 5.92 Å². The van der Waals surface area contributed by atoms with Crippen molar-refractivity contribution in [3.05, 3.63) is 79.0 Å². The summed E-state index contributed by atoms with van der Waals surface area (Å²) in [4.78, 5) is 29.9. The Morgan fingerprint density at radius 1 is 0.951 bits per heavy atom. The SMILES string of the molecule is O=C(CC1CCNCC1)Nc1cncc(-c2ccc3[nH]nc(-c4cc5c(-c6ccc(F)cc6)nccc5[nH]4)c3n2)c1. The number of anilines is 1. The second kappa shape index (κ2) is 10.5. The van der Waals surface area contributed by atoms with Gasteiger partial charge in [0.2, 0.25) is 5.91 Å². The Morgan fingerprint density at radius 3 is 2.66 bits per heavy atom. The van der Waals surface area contributed by atoms with Crippen LogP contribution in [-0.4, -0.2) is 49.1 Å². The van der Waals surface area contributed by atoms with E-state index >= 15 is 0 Å². The molecular formula is C31H27FN8O. The maximum absolute atomic E-state index is 13.5. The van der Waals surface area contributed by atoms with Gasteiger partial charge < -0.3 is 15.6 Å². The van der Waals surface area contributed by atoms with Crippen LogP contribution in [0.1, 0.15) is 19.3 Å². The first kappa shape index (κ1) is 25.0. The van der Waals surface area contributed by atoms with Crippen LogP contribution in [0.4, 0.5) is 10.1 Å². The van der Waals surface area contributed by atoms with Crippen molar-refractivity contribution >= 4 is 33.5 Å². The third-order valence-corrected chi connectivity index (χ3v) is 7.58. The average molecular weight is 547 g/mol. The minimum absolute atomic E-state index is 0.00434. The number of halogens is 1. The number of amides is 1. The molecule has 1 aliphatic heterocycles. The standard InChI is InChI=1S/C31H27FN8O/c32-21-3-1-19(2-4-21)29-23-15-27(37-25(23)9-12-35-29)31-30-26(39-40-31)6-5-24(38-30)20-14-22(17-34-16-20)36-28(41)13-18-7-10-33-11-8-18/h1-6,9,12,14-18,33,37H,7-8,10-11,13H2,(H,36,41)(H,39,40). The van der Waals surface area contributed by atoms with Gasteiger partial charge in [0.05, 0.1) is 34.5 Å². The van der Waals surface area contributed by atoms with E-state index in [1.165, 1.54) is 12.1 Å². The van der Waals surface area contributed by atoms with Gasteiger partial charge in [-0.3, -0.25) is 19.9 Å². The number of nitrogens with zero attached hydrogens (tertiary/aromatic N) is 4. The molecule has 6 heterocycles. The molecule has 4 N–H and O–H groups in total. The molecule has 41 heavy (non-hydrogen) atoms. The van der Waals surface area contributed by atoms with Crippen molar-refractivity contribution in [2.45, 2.75) is 19.3 Å². The summed E-state index contributed by atoms with van der Waals surface area (Å²) in [6.45, 7) is 1.92. The molecule has 0 aliphatic carbocycles. The molecule has 0 bridgehead atoms. The maximum Gasteiger partial charge on any atom is 0.224 e. The second-order valence-corrected chi connectivity index (χ2v) is 10.4. The van der Waals surface area contributed by atoms with Crippen LogP contribution in [0.25, 0.3) is 55.8 Å². The summed E-state index contributed by atoms with van der Waals surface area (Å²) in [6.07, 6.45) is 7.66. The molecule has 1 aromatic carbocycles. The number of rotatable bonds is 6. The molecule has 204 valence electrons. The molecule has 6 aromatic rings. The summed E-state index contributed by atoms with van der Waals surface area (Å²) >= 11 is 0. The summed E-state index contributed by atoms with van der Waals surface area (Å²) < 4.78 is 13.5. The molecule has 10 heteroatoms. The number of benzene rings is 1. The summed E-state index contributed by atoms with van der Waals surface area (Å²) in [5.41, 5.74) is 7.56. The number of nitrogens with one attached hydrogen (secondary N) is 4. The third kappa shape index (κ3) is 5.05. The molecule has 0 unspecified atom stereocenters. The number of carbonyl (C=O) groups is 1. The molecule has 1 fully saturated rings. The summed E-state index contributed by atoms with van der Waals surface area (Å²) in [6, 6.07) is 15.9. The number of carbonyl (C=O) groups excluding carboxylic acids is 1. The number of aromatic amines is 2. The highest BCUT2D eigenvalue weighted by molar-refractivity contribution is 5.99. The lowest BCUT2D eigenvalue weighted by Gasteiger charge is -2.21. The Hall–Kier alpha value is -4.96. The van der Waals surface area contributed by atoms with E-state index in [1.54, 1.807) is 30.7 Å². The maximum atomic E-state index is 13.5. The summed E-state index contributed by atoms with van der Waals surface area (Å²) in [5.74, 6) is 0.119. The molecule has 1 saturated heterocycles. The Balaban J connectivity index is 1.19. The number of aromatic nitrogens is 6. The first-order valence-electron chi connectivity index (χ1n) is 13.7. The van der Waals surface area contributed by atoms with Crippen LogP contribution in [0, 0.1) is 11.7 Å². The van der Waals surface area contributed by atoms with Crippen molar-refractivity contribution in [2.75, 3.05) is 18.4 Å². The first-order valence-corrected chi connectivity index (χ1v) is 13.7. The van der Waals surface area contributed by atoms with E-state index in [0.717, 1.165) is 64.9 Å². The van der Waals surface area contributed by atoms with Gasteiger partial charge in [0.1, 0.15) is 17.0 Å². The predicted octanol–water partition coefficient (Wildman–Crippen LogP) is 5.70. The molecule has 5 aromatic heterocycles. The van der Waals surface area contributed by atoms with Crippen LogP contribution >= 0.6 is 0 Å². The van der Waals surface area contributed by atoms with Gasteiger partial charge in [0, 0.05) is 40.8 Å². The number of hydrogen-bond acceptors (Lipinski definition) is 6. The van der Waals surface area contributed by atoms with Crippen LogP contribution in [0.15, 0.2) is 73.2 Å². The highest BCUT2D eigenvalue weighted by Crippen LogP contribution is 2.33. The van der Waals surface area contributed by atoms with Gasteiger partial charge >= 0.3 is 0 Å². The molecule has 9 nitrogen and oxygen atoms in total. The minimum Gasteiger partial charge on any atom is -0.353 e. The van der Waals surface area contributed by atoms with E-state index in [2.05, 4.69) is 35.8 Å². The number of hydrogen-bond donors (Lipinski definition) is 4. The lowest BCUT2D eigenvalue weighted by molar-refractivity contribution is -0.117. The molecule has 0 spiro atoms. The van der Waals surface area contributed by atoms with Gasteiger partial charge in [-0.1, -0.05) is 0 Å². The Kier molecular flexibility index (Phi) is 6.44. The van der Waals surface area contributed by atoms with Gasteiger partial charge in [-0.15, -0.1) is 0 Å². The van der Waals surface area contributed by atoms with Crippen molar-refractivity contribution in [3.63, 3.8) is 0 Å². The summed E-state index contributed by atoms with van der Waals surface area (Å²) in [7, 11) is 0. The topological polar surface area (TPSA) is 124 Å². The average Bonchev–Trinajstić information content (AvgIpc) is 3.62. The Labute approximate surface area is 234 Å². The summed E-state index contributed by atoms with van der Waals surface area (Å²) in [5, 5.41) is 14.9. The van der Waals surface area contributed by atoms with Gasteiger partial charge in [-0.25, -0.2) is 9.37 Å². The van der Waals surface area contributed by atoms with Crippen molar-refractivity contribution in [1.82, 2.24) is 35.5 Å². The van der Waals surface area contributed by atoms with Crippen LogP contribution in [-0.2, 0) is 4.79 Å². The second-order valence-electron chi connectivity index (χ2n) is 10.4. The van der Waals surface area contributed by atoms with Gasteiger partial charge in [0.25, 0.3) is 0 Å². The van der Waals surface area contributed by atoms with Crippen molar-refractivity contribution in [1.29, 1.82) is 0 Å². The molecule has 7 rings (SSSR count). The molecule has 0 saturated carbocycles. The number of piperidine rings is 1. The Bertz CT molecular complexity index is 1870. The lowest BCUT2D eigenvalue weighted by Crippen LogP contribution is -2.30. The number of fused-ring (bicyclic) bond motifs is 2. The van der Waals surface area contributed by atoms with Crippen LogP contribution in [0.3, 0.4) is 0 Å². The quantitative estimate of drug-likeness (QED) is 0.213. The van der Waals surface area contributed by atoms with Gasteiger partial charge in [-0.2, -0.15) is 5.10 Å². The van der Waals surface area contributed by atoms with E-state index in [4.69, 9.17) is 4.98 Å².